The van der Waals surface area contributed by atoms with Crippen molar-refractivity contribution in [3.05, 3.63) is 51.7 Å². The average Bonchev–Trinajstić information content (AvgIpc) is 3.52. The Balaban J connectivity index is 1.42. The Morgan fingerprint density at radius 1 is 1.29 bits per heavy atom. The molecular weight excluding hydrogens is 448 g/mol. The Morgan fingerprint density at radius 2 is 2.09 bits per heavy atom. The van der Waals surface area contributed by atoms with Crippen molar-refractivity contribution >= 4 is 17.2 Å². The van der Waals surface area contributed by atoms with Crippen LogP contribution in [0.3, 0.4) is 0 Å². The van der Waals surface area contributed by atoms with Crippen LogP contribution in [0.15, 0.2) is 35.7 Å². The molecule has 1 fully saturated rings. The molecule has 1 N–H and O–H groups in total. The molecule has 2 aliphatic rings. The van der Waals surface area contributed by atoms with E-state index in [1.807, 2.05) is 56.9 Å². The van der Waals surface area contributed by atoms with Crippen molar-refractivity contribution in [1.82, 2.24) is 9.80 Å². The first-order chi connectivity index (χ1) is 16.2. The summed E-state index contributed by atoms with van der Waals surface area (Å²) in [5.41, 5.74) is 2.06. The highest BCUT2D eigenvalue weighted by atomic mass is 32.1. The fraction of sp³-hybridized carbons (Fsp3) is 0.593. The Labute approximate surface area is 207 Å². The molecule has 7 heteroatoms. The molecule has 0 bridgehead atoms. The summed E-state index contributed by atoms with van der Waals surface area (Å²) >= 11 is 1.76. The molecule has 1 aromatic carbocycles. The van der Waals surface area contributed by atoms with Crippen molar-refractivity contribution in [2.75, 3.05) is 32.8 Å². The van der Waals surface area contributed by atoms with Gasteiger partial charge >= 0.3 is 0 Å². The third-order valence-electron chi connectivity index (χ3n) is 6.37. The first-order valence-corrected chi connectivity index (χ1v) is 13.2. The van der Waals surface area contributed by atoms with Crippen molar-refractivity contribution in [3.8, 4) is 5.75 Å². The molecule has 2 aromatic rings. The van der Waals surface area contributed by atoms with Gasteiger partial charge in [-0.05, 0) is 81.7 Å². The average molecular weight is 487 g/mol. The van der Waals surface area contributed by atoms with Crippen molar-refractivity contribution in [1.29, 1.82) is 0 Å². The number of aliphatic hydroxyl groups is 1. The van der Waals surface area contributed by atoms with Gasteiger partial charge in [-0.25, -0.2) is 0 Å². The van der Waals surface area contributed by atoms with Gasteiger partial charge in [0, 0.05) is 24.0 Å². The lowest BCUT2D eigenvalue weighted by Crippen LogP contribution is -2.48. The number of amides is 1. The number of carbonyl (C=O) groups is 1. The molecule has 1 saturated carbocycles. The van der Waals surface area contributed by atoms with Crippen LogP contribution in [-0.4, -0.2) is 71.4 Å². The van der Waals surface area contributed by atoms with Gasteiger partial charge in [0.15, 0.2) is 0 Å². The van der Waals surface area contributed by atoms with E-state index in [-0.39, 0.29) is 24.2 Å². The van der Waals surface area contributed by atoms with Crippen LogP contribution in [0.2, 0.25) is 0 Å². The highest BCUT2D eigenvalue weighted by Gasteiger charge is 2.36. The first-order valence-electron chi connectivity index (χ1n) is 12.3. The Hall–Kier alpha value is -1.93. The zero-order valence-corrected chi connectivity index (χ0v) is 21.6. The summed E-state index contributed by atoms with van der Waals surface area (Å²) in [5.74, 6) is 0.932. The van der Waals surface area contributed by atoms with Gasteiger partial charge in [-0.15, -0.1) is 11.3 Å². The highest BCUT2D eigenvalue weighted by Crippen LogP contribution is 2.35. The van der Waals surface area contributed by atoms with E-state index < -0.39 is 6.10 Å². The molecule has 0 saturated heterocycles. The smallest absolute Gasteiger partial charge is 0.237 e. The maximum atomic E-state index is 13.6. The van der Waals surface area contributed by atoms with Crippen LogP contribution < -0.4 is 4.74 Å². The number of aryl methyl sites for hydroxylation is 1. The summed E-state index contributed by atoms with van der Waals surface area (Å²) in [6.45, 7) is 10.2. The van der Waals surface area contributed by atoms with Crippen molar-refractivity contribution in [2.45, 2.75) is 70.7 Å². The van der Waals surface area contributed by atoms with Gasteiger partial charge in [-0.3, -0.25) is 9.69 Å². The highest BCUT2D eigenvalue weighted by molar-refractivity contribution is 7.10. The van der Waals surface area contributed by atoms with Crippen LogP contribution in [-0.2, 0) is 16.0 Å². The summed E-state index contributed by atoms with van der Waals surface area (Å²) in [5, 5.41) is 12.7. The number of hydrogen-bond acceptors (Lipinski definition) is 6. The molecule has 1 aliphatic heterocycles. The van der Waals surface area contributed by atoms with Crippen LogP contribution >= 0.6 is 11.3 Å². The molecule has 1 amide bonds. The molecule has 4 rings (SSSR count). The lowest BCUT2D eigenvalue weighted by molar-refractivity contribution is -0.137. The second-order valence-electron chi connectivity index (χ2n) is 10.5. The summed E-state index contributed by atoms with van der Waals surface area (Å²) in [4.78, 5) is 19.0. The predicted molar refractivity (Wildman–Crippen MR) is 135 cm³/mol. The molecule has 2 heterocycles. The summed E-state index contributed by atoms with van der Waals surface area (Å²) in [7, 11) is 0. The molecule has 34 heavy (non-hydrogen) atoms. The Bertz CT molecular complexity index is 966. The van der Waals surface area contributed by atoms with Crippen LogP contribution in [0.1, 0.15) is 55.7 Å². The summed E-state index contributed by atoms with van der Waals surface area (Å²) < 4.78 is 11.9. The molecule has 1 aliphatic carbocycles. The minimum Gasteiger partial charge on any atom is -0.491 e. The van der Waals surface area contributed by atoms with E-state index in [4.69, 9.17) is 9.47 Å². The fourth-order valence-corrected chi connectivity index (χ4v) is 5.40. The maximum absolute atomic E-state index is 13.6. The number of aliphatic hydroxyl groups excluding tert-OH is 1. The molecule has 0 spiro atoms. The van der Waals surface area contributed by atoms with Crippen molar-refractivity contribution in [3.63, 3.8) is 0 Å². The van der Waals surface area contributed by atoms with Gasteiger partial charge < -0.3 is 19.5 Å². The van der Waals surface area contributed by atoms with Crippen LogP contribution in [0.5, 0.6) is 5.75 Å². The third kappa shape index (κ3) is 6.81. The zero-order valence-electron chi connectivity index (χ0n) is 20.8. The van der Waals surface area contributed by atoms with Crippen LogP contribution in [0.25, 0.3) is 0 Å². The van der Waals surface area contributed by atoms with Crippen LogP contribution in [0.4, 0.5) is 0 Å². The molecule has 0 radical (unpaired) electrons. The topological polar surface area (TPSA) is 62.2 Å². The SMILES string of the molecule is Cc1cccc(OC[C@H]2c3ccsc3CCN2C(=O)CN(C[C@@H](O)COC(C)(C)C)C2CC2)c1. The maximum Gasteiger partial charge on any atom is 0.237 e. The van der Waals surface area contributed by atoms with E-state index in [1.165, 1.54) is 10.4 Å². The lowest BCUT2D eigenvalue weighted by atomic mass is 10.0. The largest absolute Gasteiger partial charge is 0.491 e. The standard InChI is InChI=1S/C27H38N2O4S/c1-19-6-5-7-22(14-19)32-18-24-23-11-13-34-25(23)10-12-29(24)26(31)16-28(20-8-9-20)15-21(30)17-33-27(2,3)4/h5-7,11,13-14,20-21,24,30H,8-10,12,15-18H2,1-4H3/t21-,24+/m1/s1. The number of carbonyl (C=O) groups excluding carboxylic acids is 1. The van der Waals surface area contributed by atoms with Gasteiger partial charge in [-0.2, -0.15) is 0 Å². The van der Waals surface area contributed by atoms with E-state index in [9.17, 15) is 9.90 Å². The summed E-state index contributed by atoms with van der Waals surface area (Å²) in [6, 6.07) is 10.4. The van der Waals surface area contributed by atoms with E-state index in [2.05, 4.69) is 16.3 Å². The van der Waals surface area contributed by atoms with Gasteiger partial charge in [0.25, 0.3) is 0 Å². The zero-order chi connectivity index (χ0) is 24.3. The minimum absolute atomic E-state index is 0.0989. The number of rotatable bonds is 10. The minimum atomic E-state index is -0.613. The lowest BCUT2D eigenvalue weighted by Gasteiger charge is -2.37. The van der Waals surface area contributed by atoms with Crippen molar-refractivity contribution < 1.29 is 19.4 Å². The van der Waals surface area contributed by atoms with E-state index in [1.54, 1.807) is 11.3 Å². The van der Waals surface area contributed by atoms with E-state index in [0.29, 0.717) is 32.3 Å². The molecular formula is C27H38N2O4S. The Morgan fingerprint density at radius 3 is 2.79 bits per heavy atom. The second kappa shape index (κ2) is 10.8. The quantitative estimate of drug-likeness (QED) is 0.545. The van der Waals surface area contributed by atoms with Crippen molar-refractivity contribution in [2.24, 2.45) is 0 Å². The van der Waals surface area contributed by atoms with Gasteiger partial charge in [-0.1, -0.05) is 12.1 Å². The number of hydrogen-bond donors (Lipinski definition) is 1. The van der Waals surface area contributed by atoms with Crippen LogP contribution in [0, 0.1) is 6.92 Å². The predicted octanol–water partition coefficient (Wildman–Crippen LogP) is 4.20. The number of benzene rings is 1. The molecule has 2 atom stereocenters. The molecule has 0 unspecified atom stereocenters. The number of ether oxygens (including phenoxy) is 2. The first kappa shape index (κ1) is 25.2. The molecule has 6 nitrogen and oxygen atoms in total. The van der Waals surface area contributed by atoms with E-state index in [0.717, 1.165) is 30.6 Å². The number of nitrogens with zero attached hydrogens (tertiary/aromatic N) is 2. The fourth-order valence-electron chi connectivity index (χ4n) is 4.47. The molecule has 186 valence electrons. The summed E-state index contributed by atoms with van der Waals surface area (Å²) in [6.07, 6.45) is 2.42. The normalized spacial score (nSPS) is 19.2. The Kier molecular flexibility index (Phi) is 7.97. The monoisotopic (exact) mass is 486 g/mol. The van der Waals surface area contributed by atoms with Gasteiger partial charge in [0.1, 0.15) is 12.4 Å². The van der Waals surface area contributed by atoms with E-state index >= 15 is 0 Å². The second-order valence-corrected chi connectivity index (χ2v) is 11.5. The molecule has 1 aromatic heterocycles. The third-order valence-corrected chi connectivity index (χ3v) is 7.36. The number of thiophene rings is 1. The van der Waals surface area contributed by atoms with Gasteiger partial charge in [0.05, 0.1) is 30.9 Å². The van der Waals surface area contributed by atoms with Gasteiger partial charge in [0.2, 0.25) is 5.91 Å². The number of fused-ring (bicyclic) bond motifs is 1.